The monoisotopic (exact) mass is 431 g/mol. The van der Waals surface area contributed by atoms with Gasteiger partial charge in [-0.3, -0.25) is 9.69 Å². The van der Waals surface area contributed by atoms with Gasteiger partial charge in [0.2, 0.25) is 0 Å². The number of fused-ring (bicyclic) bond motifs is 1. The molecule has 0 radical (unpaired) electrons. The number of imide groups is 1. The number of hydrogen-bond donors (Lipinski definition) is 2. The van der Waals surface area contributed by atoms with E-state index < -0.39 is 29.6 Å². The topological polar surface area (TPSA) is 74.4 Å². The first kappa shape index (κ1) is 19.9. The lowest BCUT2D eigenvalue weighted by atomic mass is 10.1. The number of aromatic amines is 1. The Morgan fingerprint density at radius 2 is 1.93 bits per heavy atom. The van der Waals surface area contributed by atoms with E-state index in [0.717, 1.165) is 22.4 Å². The van der Waals surface area contributed by atoms with Gasteiger partial charge >= 0.3 is 6.03 Å². The Kier molecular flexibility index (Phi) is 4.95. The molecule has 1 unspecified atom stereocenters. The van der Waals surface area contributed by atoms with E-state index in [9.17, 15) is 18.4 Å². The van der Waals surface area contributed by atoms with Gasteiger partial charge in [0.1, 0.15) is 5.70 Å². The SMILES string of the molecule is COc1c(Cl)ccc2c(C=C3NC(=O)N(C(C)c4ccc(F)c(F)c4)C3=O)c[nH]c12. The average molecular weight is 432 g/mol. The molecule has 154 valence electrons. The standard InChI is InChI=1S/C21H16ClF2N3O3/c1-10(11-3-6-15(23)16(24)7-11)27-20(28)17(26-21(27)29)8-12-9-25-18-13(12)4-5-14(22)19(18)30-2/h3-10,25H,1-2H3,(H,26,29). The number of urea groups is 1. The molecule has 0 spiro atoms. The molecule has 1 fully saturated rings. The van der Waals surface area contributed by atoms with E-state index in [2.05, 4.69) is 10.3 Å². The number of halogens is 3. The van der Waals surface area contributed by atoms with Crippen molar-refractivity contribution in [2.45, 2.75) is 13.0 Å². The van der Waals surface area contributed by atoms with Crippen LogP contribution in [0.1, 0.15) is 24.1 Å². The van der Waals surface area contributed by atoms with Crippen LogP contribution in [0.15, 0.2) is 42.2 Å². The average Bonchev–Trinajstić information content (AvgIpc) is 3.24. The summed E-state index contributed by atoms with van der Waals surface area (Å²) in [5.74, 6) is -2.16. The first-order valence-corrected chi connectivity index (χ1v) is 9.34. The van der Waals surface area contributed by atoms with Gasteiger partial charge in [0.25, 0.3) is 5.91 Å². The fourth-order valence-corrected chi connectivity index (χ4v) is 3.70. The van der Waals surface area contributed by atoms with E-state index in [1.807, 2.05) is 0 Å². The molecule has 1 atom stereocenters. The maximum Gasteiger partial charge on any atom is 0.329 e. The number of nitrogens with zero attached hydrogens (tertiary/aromatic N) is 1. The number of H-pyrrole nitrogens is 1. The third-order valence-corrected chi connectivity index (χ3v) is 5.32. The van der Waals surface area contributed by atoms with Crippen LogP contribution in [0.4, 0.5) is 13.6 Å². The third kappa shape index (κ3) is 3.19. The highest BCUT2D eigenvalue weighted by molar-refractivity contribution is 6.33. The van der Waals surface area contributed by atoms with Crippen molar-refractivity contribution in [3.63, 3.8) is 0 Å². The highest BCUT2D eigenvalue weighted by Gasteiger charge is 2.37. The van der Waals surface area contributed by atoms with Crippen molar-refractivity contribution < 1.29 is 23.1 Å². The number of rotatable bonds is 4. The van der Waals surface area contributed by atoms with Crippen LogP contribution in [0.25, 0.3) is 17.0 Å². The Labute approximate surface area is 175 Å². The highest BCUT2D eigenvalue weighted by atomic mass is 35.5. The van der Waals surface area contributed by atoms with Gasteiger partial charge in [-0.2, -0.15) is 0 Å². The number of methoxy groups -OCH3 is 1. The molecule has 1 aliphatic rings. The van der Waals surface area contributed by atoms with Gasteiger partial charge in [-0.15, -0.1) is 0 Å². The summed E-state index contributed by atoms with van der Waals surface area (Å²) in [5, 5.41) is 3.71. The van der Waals surface area contributed by atoms with Crippen molar-refractivity contribution in [2.75, 3.05) is 7.11 Å². The Hall–Kier alpha value is -3.39. The van der Waals surface area contributed by atoms with E-state index in [-0.39, 0.29) is 5.70 Å². The maximum absolute atomic E-state index is 13.6. The smallest absolute Gasteiger partial charge is 0.329 e. The van der Waals surface area contributed by atoms with Gasteiger partial charge in [0.05, 0.1) is 23.7 Å². The van der Waals surface area contributed by atoms with Gasteiger partial charge < -0.3 is 15.0 Å². The van der Waals surface area contributed by atoms with Gasteiger partial charge in [-0.25, -0.2) is 13.6 Å². The van der Waals surface area contributed by atoms with Crippen molar-refractivity contribution in [3.8, 4) is 5.75 Å². The second-order valence-corrected chi connectivity index (χ2v) is 7.17. The summed E-state index contributed by atoms with van der Waals surface area (Å²) < 4.78 is 32.1. The molecule has 1 aromatic heterocycles. The molecule has 3 amide bonds. The lowest BCUT2D eigenvalue weighted by Gasteiger charge is -2.21. The molecule has 0 aliphatic carbocycles. The number of carbonyl (C=O) groups is 2. The Balaban J connectivity index is 1.68. The summed E-state index contributed by atoms with van der Waals surface area (Å²) in [6, 6.07) is 5.26. The molecule has 2 heterocycles. The van der Waals surface area contributed by atoms with Crippen LogP contribution in [0.3, 0.4) is 0 Å². The van der Waals surface area contributed by atoms with Gasteiger partial charge in [0.15, 0.2) is 17.4 Å². The Morgan fingerprint density at radius 3 is 2.63 bits per heavy atom. The summed E-state index contributed by atoms with van der Waals surface area (Å²) >= 11 is 6.13. The van der Waals surface area contributed by atoms with E-state index in [1.165, 1.54) is 19.3 Å². The largest absolute Gasteiger partial charge is 0.493 e. The minimum Gasteiger partial charge on any atom is -0.493 e. The first-order valence-electron chi connectivity index (χ1n) is 8.96. The molecule has 1 aliphatic heterocycles. The van der Waals surface area contributed by atoms with Crippen molar-refractivity contribution in [3.05, 3.63) is 70.0 Å². The summed E-state index contributed by atoms with van der Waals surface area (Å²) in [6.45, 7) is 1.56. The van der Waals surface area contributed by atoms with E-state index >= 15 is 0 Å². The fraction of sp³-hybridized carbons (Fsp3) is 0.143. The van der Waals surface area contributed by atoms with Crippen LogP contribution in [0, 0.1) is 11.6 Å². The Morgan fingerprint density at radius 1 is 1.17 bits per heavy atom. The Bertz CT molecular complexity index is 1220. The predicted octanol–water partition coefficient (Wildman–Crippen LogP) is 4.76. The maximum atomic E-state index is 13.6. The van der Waals surface area contributed by atoms with Crippen LogP contribution < -0.4 is 10.1 Å². The molecule has 4 rings (SSSR count). The minimum absolute atomic E-state index is 0.0595. The highest BCUT2D eigenvalue weighted by Crippen LogP contribution is 2.35. The molecule has 1 saturated heterocycles. The quantitative estimate of drug-likeness (QED) is 0.462. The first-order chi connectivity index (χ1) is 14.3. The molecule has 6 nitrogen and oxygen atoms in total. The molecule has 0 bridgehead atoms. The molecule has 2 N–H and O–H groups in total. The zero-order valence-electron chi connectivity index (χ0n) is 15.9. The fourth-order valence-electron chi connectivity index (χ4n) is 3.47. The van der Waals surface area contributed by atoms with Crippen LogP contribution in [0.2, 0.25) is 5.02 Å². The number of amides is 3. The molecular formula is C21H16ClF2N3O3. The lowest BCUT2D eigenvalue weighted by molar-refractivity contribution is -0.124. The summed E-state index contributed by atoms with van der Waals surface area (Å²) in [7, 11) is 1.50. The molecule has 9 heteroatoms. The molecule has 3 aromatic rings. The van der Waals surface area contributed by atoms with Crippen molar-refractivity contribution >= 4 is 40.5 Å². The zero-order chi connectivity index (χ0) is 21.6. The molecule has 2 aromatic carbocycles. The van der Waals surface area contributed by atoms with Gasteiger partial charge in [-0.1, -0.05) is 23.7 Å². The number of carbonyl (C=O) groups excluding carboxylic acids is 2. The van der Waals surface area contributed by atoms with E-state index in [1.54, 1.807) is 25.3 Å². The second-order valence-electron chi connectivity index (χ2n) is 6.76. The van der Waals surface area contributed by atoms with Crippen LogP contribution in [-0.4, -0.2) is 28.9 Å². The van der Waals surface area contributed by atoms with Gasteiger partial charge in [0, 0.05) is 17.1 Å². The number of nitrogens with one attached hydrogen (secondary N) is 2. The number of hydrogen-bond acceptors (Lipinski definition) is 3. The molecular weight excluding hydrogens is 416 g/mol. The van der Waals surface area contributed by atoms with Crippen molar-refractivity contribution in [2.24, 2.45) is 0 Å². The van der Waals surface area contributed by atoms with Crippen LogP contribution >= 0.6 is 11.6 Å². The normalized spacial score (nSPS) is 16.4. The lowest BCUT2D eigenvalue weighted by Crippen LogP contribution is -2.33. The minimum atomic E-state index is -1.05. The van der Waals surface area contributed by atoms with Crippen molar-refractivity contribution in [1.82, 2.24) is 15.2 Å². The number of benzene rings is 2. The van der Waals surface area contributed by atoms with E-state index in [4.69, 9.17) is 16.3 Å². The number of ether oxygens (including phenoxy) is 1. The van der Waals surface area contributed by atoms with Crippen LogP contribution in [-0.2, 0) is 4.79 Å². The molecule has 0 saturated carbocycles. The predicted molar refractivity (Wildman–Crippen MR) is 108 cm³/mol. The summed E-state index contributed by atoms with van der Waals surface area (Å²) in [6.07, 6.45) is 3.20. The third-order valence-electron chi connectivity index (χ3n) is 5.02. The summed E-state index contributed by atoms with van der Waals surface area (Å²) in [4.78, 5) is 29.3. The van der Waals surface area contributed by atoms with Crippen LogP contribution in [0.5, 0.6) is 5.75 Å². The van der Waals surface area contributed by atoms with Gasteiger partial charge in [-0.05, 0) is 36.8 Å². The zero-order valence-corrected chi connectivity index (χ0v) is 16.7. The van der Waals surface area contributed by atoms with Crippen molar-refractivity contribution in [1.29, 1.82) is 0 Å². The summed E-state index contributed by atoms with van der Waals surface area (Å²) in [5.41, 5.74) is 1.65. The molecule has 30 heavy (non-hydrogen) atoms. The number of aromatic nitrogens is 1. The second kappa shape index (κ2) is 7.46. The van der Waals surface area contributed by atoms with E-state index in [0.29, 0.717) is 27.4 Å².